The van der Waals surface area contributed by atoms with Crippen LogP contribution in [0, 0.1) is 6.92 Å². The smallest absolute Gasteiger partial charge is 0.418 e. The molecular weight excluding hydrogens is 515 g/mol. The summed E-state index contributed by atoms with van der Waals surface area (Å²) in [4.78, 5) is 35.6. The Morgan fingerprint density at radius 3 is 2.59 bits per heavy atom. The summed E-state index contributed by atoms with van der Waals surface area (Å²) in [5.41, 5.74) is 6.16. The minimum atomic E-state index is -4.72. The van der Waals surface area contributed by atoms with Gasteiger partial charge in [0.05, 0.1) is 18.4 Å². The molecule has 0 aliphatic carbocycles. The predicted molar refractivity (Wildman–Crippen MR) is 135 cm³/mol. The van der Waals surface area contributed by atoms with E-state index in [4.69, 9.17) is 10.5 Å². The molecule has 3 aromatic heterocycles. The van der Waals surface area contributed by atoms with Crippen LogP contribution in [0.4, 0.5) is 19.0 Å². The fourth-order valence-corrected chi connectivity index (χ4v) is 4.61. The van der Waals surface area contributed by atoms with Gasteiger partial charge < -0.3 is 20.7 Å². The van der Waals surface area contributed by atoms with Gasteiger partial charge in [0.1, 0.15) is 17.4 Å². The molecule has 3 N–H and O–H groups in total. The van der Waals surface area contributed by atoms with Gasteiger partial charge in [-0.05, 0) is 37.6 Å². The van der Waals surface area contributed by atoms with Gasteiger partial charge in [0, 0.05) is 36.5 Å². The number of amides is 2. The highest BCUT2D eigenvalue weighted by molar-refractivity contribution is 5.98. The van der Waals surface area contributed by atoms with Crippen molar-refractivity contribution in [3.05, 3.63) is 71.2 Å². The molecule has 1 unspecified atom stereocenters. The number of pyridine rings is 1. The lowest BCUT2D eigenvalue weighted by atomic mass is 10.1. The first-order valence-corrected chi connectivity index (χ1v) is 12.0. The number of anilines is 1. The number of likely N-dealkylation sites (tertiary alicyclic amines) is 1. The van der Waals surface area contributed by atoms with Crippen LogP contribution in [0.1, 0.15) is 38.3 Å². The molecule has 1 aromatic carbocycles. The first-order chi connectivity index (χ1) is 18.6. The number of carbonyl (C=O) groups is 2. The quantitative estimate of drug-likeness (QED) is 0.398. The molecule has 5 rings (SSSR count). The van der Waals surface area contributed by atoms with E-state index in [0.717, 1.165) is 22.5 Å². The summed E-state index contributed by atoms with van der Waals surface area (Å²) >= 11 is 0. The van der Waals surface area contributed by atoms with E-state index in [9.17, 15) is 22.8 Å². The van der Waals surface area contributed by atoms with Crippen LogP contribution in [0.2, 0.25) is 0 Å². The maximum atomic E-state index is 13.7. The van der Waals surface area contributed by atoms with Crippen LogP contribution in [-0.4, -0.2) is 62.5 Å². The van der Waals surface area contributed by atoms with Crippen LogP contribution in [0.15, 0.2) is 48.9 Å². The summed E-state index contributed by atoms with van der Waals surface area (Å²) in [7, 11) is 1.33. The van der Waals surface area contributed by atoms with E-state index in [2.05, 4.69) is 20.4 Å². The molecule has 1 aliphatic rings. The number of aryl methyl sites for hydroxylation is 1. The van der Waals surface area contributed by atoms with E-state index < -0.39 is 23.2 Å². The number of halogens is 3. The van der Waals surface area contributed by atoms with Crippen molar-refractivity contribution in [1.29, 1.82) is 0 Å². The highest BCUT2D eigenvalue weighted by atomic mass is 19.4. The Morgan fingerprint density at radius 2 is 1.90 bits per heavy atom. The average Bonchev–Trinajstić information content (AvgIpc) is 3.54. The number of nitrogens with zero attached hydrogens (tertiary/aromatic N) is 5. The van der Waals surface area contributed by atoms with Crippen molar-refractivity contribution in [3.8, 4) is 17.1 Å². The third-order valence-electron chi connectivity index (χ3n) is 6.58. The first-order valence-electron chi connectivity index (χ1n) is 12.0. The minimum Gasteiger partial charge on any atom is -0.480 e. The Balaban J connectivity index is 1.41. The highest BCUT2D eigenvalue weighted by Crippen LogP contribution is 2.39. The maximum absolute atomic E-state index is 13.7. The average molecular weight is 540 g/mol. The second kappa shape index (κ2) is 9.89. The number of rotatable bonds is 5. The molecular formula is C26H24F3N7O3. The van der Waals surface area contributed by atoms with Crippen LogP contribution < -0.4 is 15.8 Å². The Bertz CT molecular complexity index is 1570. The van der Waals surface area contributed by atoms with Gasteiger partial charge >= 0.3 is 6.18 Å². The molecule has 4 aromatic rings. The molecule has 0 radical (unpaired) electrons. The van der Waals surface area contributed by atoms with Crippen LogP contribution in [0.3, 0.4) is 0 Å². The first kappa shape index (κ1) is 25.9. The second-order valence-corrected chi connectivity index (χ2v) is 9.20. The number of carbonyl (C=O) groups excluding carboxylic acids is 2. The summed E-state index contributed by atoms with van der Waals surface area (Å²) in [5, 5.41) is 6.82. The monoisotopic (exact) mass is 539 g/mol. The molecule has 2 amide bonds. The van der Waals surface area contributed by atoms with Crippen LogP contribution in [-0.2, 0) is 6.18 Å². The molecule has 1 aliphatic heterocycles. The molecule has 0 saturated carbocycles. The summed E-state index contributed by atoms with van der Waals surface area (Å²) in [5.74, 6) is -1.02. The van der Waals surface area contributed by atoms with Gasteiger partial charge in [0.25, 0.3) is 11.8 Å². The largest absolute Gasteiger partial charge is 0.480 e. The number of aromatic nitrogens is 4. The number of benzene rings is 1. The van der Waals surface area contributed by atoms with Crippen molar-refractivity contribution in [2.75, 3.05) is 25.9 Å². The molecule has 202 valence electrons. The van der Waals surface area contributed by atoms with Crippen LogP contribution >= 0.6 is 0 Å². The van der Waals surface area contributed by atoms with Crippen molar-refractivity contribution < 1.29 is 27.5 Å². The zero-order valence-corrected chi connectivity index (χ0v) is 21.0. The zero-order valence-electron chi connectivity index (χ0n) is 21.0. The van der Waals surface area contributed by atoms with E-state index in [-0.39, 0.29) is 40.5 Å². The molecule has 4 heterocycles. The molecule has 0 spiro atoms. The van der Waals surface area contributed by atoms with Gasteiger partial charge in [-0.1, -0.05) is 17.7 Å². The topological polar surface area (TPSA) is 128 Å². The van der Waals surface area contributed by atoms with Gasteiger partial charge in [-0.25, -0.2) is 14.5 Å². The number of hydrogen-bond donors (Lipinski definition) is 2. The lowest BCUT2D eigenvalue weighted by molar-refractivity contribution is -0.136. The fraction of sp³-hybridized carbons (Fsp3) is 0.269. The molecule has 13 heteroatoms. The van der Waals surface area contributed by atoms with E-state index in [1.54, 1.807) is 17.0 Å². The summed E-state index contributed by atoms with van der Waals surface area (Å²) in [6.07, 6.45) is -1.85. The summed E-state index contributed by atoms with van der Waals surface area (Å²) in [6, 6.07) is 9.18. The van der Waals surface area contributed by atoms with Gasteiger partial charge in [-0.3, -0.25) is 9.59 Å². The summed E-state index contributed by atoms with van der Waals surface area (Å²) in [6.45, 7) is 2.71. The van der Waals surface area contributed by atoms with Crippen LogP contribution in [0.25, 0.3) is 16.8 Å². The summed E-state index contributed by atoms with van der Waals surface area (Å²) < 4.78 is 47.5. The van der Waals surface area contributed by atoms with Crippen molar-refractivity contribution >= 4 is 23.1 Å². The third kappa shape index (κ3) is 4.94. The third-order valence-corrected chi connectivity index (χ3v) is 6.58. The lowest BCUT2D eigenvalue weighted by Gasteiger charge is -2.18. The number of ether oxygens (including phenoxy) is 1. The zero-order chi connectivity index (χ0) is 27.9. The van der Waals surface area contributed by atoms with Gasteiger partial charge in [0.2, 0.25) is 5.88 Å². The molecule has 1 saturated heterocycles. The minimum absolute atomic E-state index is 0.00659. The highest BCUT2D eigenvalue weighted by Gasteiger charge is 2.37. The van der Waals surface area contributed by atoms with Crippen molar-refractivity contribution in [2.24, 2.45) is 0 Å². The molecule has 39 heavy (non-hydrogen) atoms. The van der Waals surface area contributed by atoms with Gasteiger partial charge in [0.15, 0.2) is 5.82 Å². The van der Waals surface area contributed by atoms with Gasteiger partial charge in [-0.2, -0.15) is 18.3 Å². The number of fused-ring (bicyclic) bond motifs is 1. The van der Waals surface area contributed by atoms with Crippen molar-refractivity contribution in [2.45, 2.75) is 25.6 Å². The number of hydrogen-bond acceptors (Lipinski definition) is 7. The van der Waals surface area contributed by atoms with Gasteiger partial charge in [-0.15, -0.1) is 0 Å². The maximum Gasteiger partial charge on any atom is 0.418 e. The van der Waals surface area contributed by atoms with Crippen molar-refractivity contribution in [1.82, 2.24) is 29.8 Å². The SMILES string of the molecule is COc1ncc(-c2cc(C(F)(F)F)c3c(N)ncnn23)cc1C(=O)NC1CCN(C(=O)c2ccc(C)cc2)C1. The fourth-order valence-electron chi connectivity index (χ4n) is 4.61. The van der Waals surface area contributed by atoms with Crippen LogP contribution in [0.5, 0.6) is 5.88 Å². The van der Waals surface area contributed by atoms with E-state index >= 15 is 0 Å². The normalized spacial score (nSPS) is 15.5. The number of alkyl halides is 3. The Labute approximate surface area is 220 Å². The lowest BCUT2D eigenvalue weighted by Crippen LogP contribution is -2.38. The standard InChI is InChI=1S/C26H24F3N7O3/c1-14-3-5-15(6-4-14)25(38)35-8-7-17(12-35)34-23(37)18-9-16(11-31-24(18)39-2)20-10-19(26(27,28)29)21-22(30)32-13-33-36(20)21/h3-6,9-11,13,17H,7-8,12H2,1-2H3,(H,34,37)(H2,30,32,33). The number of nitrogens with one attached hydrogen (secondary N) is 1. The Hall–Kier alpha value is -4.68. The molecule has 1 fully saturated rings. The number of nitrogens with two attached hydrogens (primary N) is 1. The van der Waals surface area contributed by atoms with E-state index in [1.807, 2.05) is 19.1 Å². The Kier molecular flexibility index (Phi) is 6.58. The predicted octanol–water partition coefficient (Wildman–Crippen LogP) is 3.35. The van der Waals surface area contributed by atoms with Crippen molar-refractivity contribution in [3.63, 3.8) is 0 Å². The molecule has 10 nitrogen and oxygen atoms in total. The van der Waals surface area contributed by atoms with E-state index in [0.29, 0.717) is 25.1 Å². The second-order valence-electron chi connectivity index (χ2n) is 9.20. The molecule has 1 atom stereocenters. The number of nitrogen functional groups attached to an aromatic ring is 1. The van der Waals surface area contributed by atoms with E-state index in [1.165, 1.54) is 19.4 Å². The Morgan fingerprint density at radius 1 is 1.15 bits per heavy atom. The molecule has 0 bridgehead atoms. The number of methoxy groups -OCH3 is 1.